The van der Waals surface area contributed by atoms with Crippen LogP contribution in [0.4, 0.5) is 20.4 Å². The number of halogens is 2. The molecule has 2 rings (SSSR count). The van der Waals surface area contributed by atoms with Gasteiger partial charge >= 0.3 is 0 Å². The first kappa shape index (κ1) is 10.1. The van der Waals surface area contributed by atoms with Crippen LogP contribution in [-0.2, 0) is 0 Å². The van der Waals surface area contributed by atoms with Gasteiger partial charge in [-0.2, -0.15) is 0 Å². The van der Waals surface area contributed by atoms with Gasteiger partial charge in [-0.3, -0.25) is 0 Å². The van der Waals surface area contributed by atoms with Crippen LogP contribution in [0, 0.1) is 11.6 Å². The maximum absolute atomic E-state index is 13.5. The van der Waals surface area contributed by atoms with Gasteiger partial charge in [0.2, 0.25) is 0 Å². The lowest BCUT2D eigenvalue weighted by molar-refractivity contribution is 0.570. The Morgan fingerprint density at radius 2 is 2.13 bits per heavy atom. The molecule has 1 saturated carbocycles. The number of nitrogen functional groups attached to an aromatic ring is 1. The van der Waals surface area contributed by atoms with Crippen LogP contribution in [0.25, 0.3) is 0 Å². The van der Waals surface area contributed by atoms with Crippen molar-refractivity contribution in [1.82, 2.24) is 4.98 Å². The third-order valence-electron chi connectivity index (χ3n) is 2.54. The molecule has 15 heavy (non-hydrogen) atoms. The largest absolute Gasteiger partial charge is 0.381 e. The van der Waals surface area contributed by atoms with Gasteiger partial charge in [0, 0.05) is 18.7 Å². The molecule has 0 amide bonds. The van der Waals surface area contributed by atoms with Crippen molar-refractivity contribution in [3.05, 3.63) is 17.7 Å². The molecule has 0 saturated heterocycles. The standard InChI is InChI=1S/C10H13F2N3/c1-2-15(6-3-4-6)10-8(12)5-7(11)9(13)14-10/h5-6H,2-4H2,1H3,(H2,13,14). The second-order valence-corrected chi connectivity index (χ2v) is 3.68. The normalized spacial score (nSPS) is 15.4. The third-order valence-corrected chi connectivity index (χ3v) is 2.54. The van der Waals surface area contributed by atoms with E-state index in [-0.39, 0.29) is 11.6 Å². The smallest absolute Gasteiger partial charge is 0.168 e. The van der Waals surface area contributed by atoms with E-state index in [1.54, 1.807) is 0 Å². The highest BCUT2D eigenvalue weighted by molar-refractivity contribution is 5.48. The van der Waals surface area contributed by atoms with Crippen LogP contribution >= 0.6 is 0 Å². The number of pyridine rings is 1. The van der Waals surface area contributed by atoms with Gasteiger partial charge in [-0.1, -0.05) is 0 Å². The summed E-state index contributed by atoms with van der Waals surface area (Å²) in [5.74, 6) is -1.53. The summed E-state index contributed by atoms with van der Waals surface area (Å²) in [6.07, 6.45) is 2.07. The molecular formula is C10H13F2N3. The van der Waals surface area contributed by atoms with E-state index >= 15 is 0 Å². The Bertz CT molecular complexity index is 377. The van der Waals surface area contributed by atoms with Crippen molar-refractivity contribution in [3.63, 3.8) is 0 Å². The molecule has 0 spiro atoms. The zero-order valence-corrected chi connectivity index (χ0v) is 8.50. The fraction of sp³-hybridized carbons (Fsp3) is 0.500. The first-order valence-corrected chi connectivity index (χ1v) is 5.01. The molecule has 3 nitrogen and oxygen atoms in total. The van der Waals surface area contributed by atoms with Crippen LogP contribution in [-0.4, -0.2) is 17.6 Å². The van der Waals surface area contributed by atoms with Gasteiger partial charge in [0.25, 0.3) is 0 Å². The monoisotopic (exact) mass is 213 g/mol. The summed E-state index contributed by atoms with van der Waals surface area (Å²) >= 11 is 0. The van der Waals surface area contributed by atoms with E-state index in [1.165, 1.54) is 0 Å². The predicted octanol–water partition coefficient (Wildman–Crippen LogP) is 1.93. The number of nitrogens with zero attached hydrogens (tertiary/aromatic N) is 2. The predicted molar refractivity (Wildman–Crippen MR) is 54.6 cm³/mol. The molecule has 0 atom stereocenters. The van der Waals surface area contributed by atoms with Crippen molar-refractivity contribution >= 4 is 11.6 Å². The molecule has 0 aliphatic heterocycles. The first-order valence-electron chi connectivity index (χ1n) is 5.01. The summed E-state index contributed by atoms with van der Waals surface area (Å²) < 4.78 is 26.4. The van der Waals surface area contributed by atoms with Crippen LogP contribution in [0.15, 0.2) is 6.07 Å². The number of nitrogens with two attached hydrogens (primary N) is 1. The molecule has 1 aliphatic carbocycles. The van der Waals surface area contributed by atoms with E-state index in [0.717, 1.165) is 18.9 Å². The van der Waals surface area contributed by atoms with E-state index in [2.05, 4.69) is 4.98 Å². The van der Waals surface area contributed by atoms with Crippen molar-refractivity contribution in [2.75, 3.05) is 17.2 Å². The van der Waals surface area contributed by atoms with Gasteiger partial charge in [-0.05, 0) is 19.8 Å². The highest BCUT2D eigenvalue weighted by Gasteiger charge is 2.31. The Morgan fingerprint density at radius 1 is 1.47 bits per heavy atom. The number of hydrogen-bond donors (Lipinski definition) is 1. The lowest BCUT2D eigenvalue weighted by Gasteiger charge is -2.22. The summed E-state index contributed by atoms with van der Waals surface area (Å²) in [4.78, 5) is 5.58. The average molecular weight is 213 g/mol. The van der Waals surface area contributed by atoms with Gasteiger partial charge in [0.15, 0.2) is 23.3 Å². The Kier molecular flexibility index (Phi) is 2.46. The van der Waals surface area contributed by atoms with Gasteiger partial charge in [-0.15, -0.1) is 0 Å². The number of aromatic nitrogens is 1. The SMILES string of the molecule is CCN(c1nc(N)c(F)cc1F)C1CC1. The van der Waals surface area contributed by atoms with Crippen molar-refractivity contribution in [2.24, 2.45) is 0 Å². The van der Waals surface area contributed by atoms with Crippen LogP contribution in [0.1, 0.15) is 19.8 Å². The van der Waals surface area contributed by atoms with Gasteiger partial charge in [0.05, 0.1) is 0 Å². The van der Waals surface area contributed by atoms with Gasteiger partial charge in [0.1, 0.15) is 0 Å². The Balaban J connectivity index is 2.37. The Hall–Kier alpha value is -1.39. The molecule has 5 heteroatoms. The first-order chi connectivity index (χ1) is 7.13. The fourth-order valence-corrected chi connectivity index (χ4v) is 1.64. The quantitative estimate of drug-likeness (QED) is 0.834. The molecule has 1 aromatic heterocycles. The number of anilines is 2. The van der Waals surface area contributed by atoms with Crippen molar-refractivity contribution in [2.45, 2.75) is 25.8 Å². The van der Waals surface area contributed by atoms with Crippen molar-refractivity contribution in [3.8, 4) is 0 Å². The van der Waals surface area contributed by atoms with E-state index in [4.69, 9.17) is 5.73 Å². The second-order valence-electron chi connectivity index (χ2n) is 3.68. The summed E-state index contributed by atoms with van der Waals surface area (Å²) in [7, 11) is 0. The molecule has 0 unspecified atom stereocenters. The summed E-state index contributed by atoms with van der Waals surface area (Å²) in [6, 6.07) is 1.13. The Morgan fingerprint density at radius 3 is 2.67 bits per heavy atom. The van der Waals surface area contributed by atoms with E-state index in [1.807, 2.05) is 11.8 Å². The van der Waals surface area contributed by atoms with E-state index in [9.17, 15) is 8.78 Å². The number of rotatable bonds is 3. The lowest BCUT2D eigenvalue weighted by Crippen LogP contribution is -2.27. The fourth-order valence-electron chi connectivity index (χ4n) is 1.64. The summed E-state index contributed by atoms with van der Waals surface area (Å²) in [5.41, 5.74) is 5.32. The average Bonchev–Trinajstić information content (AvgIpc) is 2.99. The minimum Gasteiger partial charge on any atom is -0.381 e. The molecule has 0 bridgehead atoms. The summed E-state index contributed by atoms with van der Waals surface area (Å²) in [5, 5.41) is 0. The van der Waals surface area contributed by atoms with Crippen LogP contribution in [0.3, 0.4) is 0 Å². The highest BCUT2D eigenvalue weighted by Crippen LogP contribution is 2.32. The minimum absolute atomic E-state index is 0.166. The van der Waals surface area contributed by atoms with E-state index in [0.29, 0.717) is 12.6 Å². The molecule has 0 aromatic carbocycles. The summed E-state index contributed by atoms with van der Waals surface area (Å²) in [6.45, 7) is 2.57. The van der Waals surface area contributed by atoms with Crippen LogP contribution < -0.4 is 10.6 Å². The van der Waals surface area contributed by atoms with E-state index < -0.39 is 11.6 Å². The molecule has 2 N–H and O–H groups in total. The zero-order chi connectivity index (χ0) is 11.0. The molecule has 1 aliphatic rings. The highest BCUT2D eigenvalue weighted by atomic mass is 19.1. The topological polar surface area (TPSA) is 42.2 Å². The number of hydrogen-bond acceptors (Lipinski definition) is 3. The molecule has 82 valence electrons. The van der Waals surface area contributed by atoms with Crippen LogP contribution in [0.2, 0.25) is 0 Å². The zero-order valence-electron chi connectivity index (χ0n) is 8.50. The molecular weight excluding hydrogens is 200 g/mol. The maximum atomic E-state index is 13.5. The van der Waals surface area contributed by atoms with Crippen LogP contribution in [0.5, 0.6) is 0 Å². The maximum Gasteiger partial charge on any atom is 0.168 e. The van der Waals surface area contributed by atoms with Gasteiger partial charge < -0.3 is 10.6 Å². The third kappa shape index (κ3) is 1.86. The molecule has 1 heterocycles. The Labute approximate surface area is 86.9 Å². The second kappa shape index (κ2) is 3.64. The lowest BCUT2D eigenvalue weighted by atomic mass is 10.3. The minimum atomic E-state index is -0.803. The van der Waals surface area contributed by atoms with Crippen molar-refractivity contribution in [1.29, 1.82) is 0 Å². The molecule has 0 radical (unpaired) electrons. The molecule has 1 aromatic rings. The van der Waals surface area contributed by atoms with Gasteiger partial charge in [-0.25, -0.2) is 13.8 Å². The molecule has 1 fully saturated rings. The van der Waals surface area contributed by atoms with Crippen molar-refractivity contribution < 1.29 is 8.78 Å².